The Bertz CT molecular complexity index is 829. The van der Waals surface area contributed by atoms with Gasteiger partial charge in [0.2, 0.25) is 0 Å². The van der Waals surface area contributed by atoms with Crippen LogP contribution in [0.2, 0.25) is 0 Å². The maximum absolute atomic E-state index is 11.1. The van der Waals surface area contributed by atoms with Crippen molar-refractivity contribution in [2.75, 3.05) is 0 Å². The van der Waals surface area contributed by atoms with Crippen LogP contribution < -0.4 is 0 Å². The van der Waals surface area contributed by atoms with E-state index in [1.807, 2.05) is 16.7 Å². The normalized spacial score (nSPS) is 10.3. The lowest BCUT2D eigenvalue weighted by molar-refractivity contribution is 0.112. The summed E-state index contributed by atoms with van der Waals surface area (Å²) >= 11 is 0. The van der Waals surface area contributed by atoms with E-state index in [1.165, 1.54) is 0 Å². The summed E-state index contributed by atoms with van der Waals surface area (Å²) in [4.78, 5) is 19.4. The van der Waals surface area contributed by atoms with E-state index in [9.17, 15) is 4.79 Å². The highest BCUT2D eigenvalue weighted by molar-refractivity contribution is 5.95. The van der Waals surface area contributed by atoms with Crippen molar-refractivity contribution in [3.8, 4) is 6.07 Å². The zero-order valence-corrected chi connectivity index (χ0v) is 10.5. The van der Waals surface area contributed by atoms with Crippen LogP contribution in [-0.4, -0.2) is 20.8 Å². The van der Waals surface area contributed by atoms with Crippen LogP contribution >= 0.6 is 0 Å². The Hall–Kier alpha value is -3.00. The fourth-order valence-corrected chi connectivity index (χ4v) is 2.21. The SMILES string of the molecule is N#Cc1ncccc1Cn1cc(C=O)c2cccnc21. The molecule has 3 rings (SSSR count). The molecule has 0 unspecified atom stereocenters. The van der Waals surface area contributed by atoms with Gasteiger partial charge in [0, 0.05) is 35.1 Å². The number of carbonyl (C=O) groups excluding carboxylic acids is 1. The van der Waals surface area contributed by atoms with Gasteiger partial charge in [-0.15, -0.1) is 0 Å². The van der Waals surface area contributed by atoms with Gasteiger partial charge in [-0.05, 0) is 18.2 Å². The number of carbonyl (C=O) groups is 1. The van der Waals surface area contributed by atoms with Crippen LogP contribution in [0.5, 0.6) is 0 Å². The molecule has 0 N–H and O–H groups in total. The smallest absolute Gasteiger partial charge is 0.152 e. The molecule has 0 aliphatic carbocycles. The molecule has 0 bridgehead atoms. The monoisotopic (exact) mass is 262 g/mol. The Labute approximate surface area is 115 Å². The van der Waals surface area contributed by atoms with E-state index in [1.54, 1.807) is 30.7 Å². The molecule has 5 heteroatoms. The molecule has 0 atom stereocenters. The van der Waals surface area contributed by atoms with Crippen molar-refractivity contribution in [1.82, 2.24) is 14.5 Å². The Morgan fingerprint density at radius 1 is 1.25 bits per heavy atom. The van der Waals surface area contributed by atoms with Crippen LogP contribution in [0, 0.1) is 11.3 Å². The summed E-state index contributed by atoms with van der Waals surface area (Å²) < 4.78 is 1.86. The van der Waals surface area contributed by atoms with E-state index in [0.29, 0.717) is 17.8 Å². The van der Waals surface area contributed by atoms with E-state index in [4.69, 9.17) is 5.26 Å². The quantitative estimate of drug-likeness (QED) is 0.678. The van der Waals surface area contributed by atoms with E-state index >= 15 is 0 Å². The van der Waals surface area contributed by atoms with Crippen molar-refractivity contribution in [3.05, 3.63) is 59.7 Å². The van der Waals surface area contributed by atoms with E-state index < -0.39 is 0 Å². The number of aldehydes is 1. The second kappa shape index (κ2) is 4.94. The Morgan fingerprint density at radius 3 is 2.85 bits per heavy atom. The minimum absolute atomic E-state index is 0.387. The largest absolute Gasteiger partial charge is 0.327 e. The molecule has 0 amide bonds. The molecule has 3 aromatic rings. The molecule has 0 saturated carbocycles. The fourth-order valence-electron chi connectivity index (χ4n) is 2.21. The van der Waals surface area contributed by atoms with Crippen molar-refractivity contribution >= 4 is 17.3 Å². The Morgan fingerprint density at radius 2 is 2.05 bits per heavy atom. The minimum Gasteiger partial charge on any atom is -0.327 e. The highest BCUT2D eigenvalue weighted by Gasteiger charge is 2.10. The summed E-state index contributed by atoms with van der Waals surface area (Å²) in [7, 11) is 0. The lowest BCUT2D eigenvalue weighted by Crippen LogP contribution is -2.02. The third-order valence-corrected chi connectivity index (χ3v) is 3.13. The average molecular weight is 262 g/mol. The van der Waals surface area contributed by atoms with Crippen LogP contribution in [0.3, 0.4) is 0 Å². The second-order valence-corrected chi connectivity index (χ2v) is 4.33. The van der Waals surface area contributed by atoms with Gasteiger partial charge in [-0.3, -0.25) is 4.79 Å². The van der Waals surface area contributed by atoms with Gasteiger partial charge < -0.3 is 4.57 Å². The topological polar surface area (TPSA) is 71.6 Å². The lowest BCUT2D eigenvalue weighted by atomic mass is 10.2. The summed E-state index contributed by atoms with van der Waals surface area (Å²) in [6.07, 6.45) is 5.83. The van der Waals surface area contributed by atoms with Crippen LogP contribution in [-0.2, 0) is 6.54 Å². The molecule has 20 heavy (non-hydrogen) atoms. The molecule has 0 fully saturated rings. The number of fused-ring (bicyclic) bond motifs is 1. The van der Waals surface area contributed by atoms with Gasteiger partial charge in [0.05, 0.1) is 6.54 Å². The average Bonchev–Trinajstić information content (AvgIpc) is 2.86. The molecule has 0 aliphatic rings. The summed E-state index contributed by atoms with van der Waals surface area (Å²) in [5.41, 5.74) is 2.51. The van der Waals surface area contributed by atoms with Gasteiger partial charge in [0.1, 0.15) is 17.4 Å². The zero-order chi connectivity index (χ0) is 13.9. The van der Waals surface area contributed by atoms with Crippen molar-refractivity contribution in [1.29, 1.82) is 5.26 Å². The molecule has 0 radical (unpaired) electrons. The highest BCUT2D eigenvalue weighted by atomic mass is 16.1. The molecule has 0 saturated heterocycles. The van der Waals surface area contributed by atoms with Gasteiger partial charge in [-0.25, -0.2) is 9.97 Å². The molecule has 0 aromatic carbocycles. The first kappa shape index (κ1) is 12.1. The molecule has 96 valence electrons. The van der Waals surface area contributed by atoms with Crippen molar-refractivity contribution in [3.63, 3.8) is 0 Å². The first-order valence-electron chi connectivity index (χ1n) is 6.06. The number of nitrogens with zero attached hydrogens (tertiary/aromatic N) is 4. The van der Waals surface area contributed by atoms with Crippen molar-refractivity contribution in [2.45, 2.75) is 6.54 Å². The van der Waals surface area contributed by atoms with Gasteiger partial charge in [-0.2, -0.15) is 5.26 Å². The summed E-state index contributed by atoms with van der Waals surface area (Å²) in [5, 5.41) is 9.88. The Kier molecular flexibility index (Phi) is 2.98. The number of hydrogen-bond donors (Lipinski definition) is 0. The van der Waals surface area contributed by atoms with Crippen molar-refractivity contribution < 1.29 is 4.79 Å². The zero-order valence-electron chi connectivity index (χ0n) is 10.5. The summed E-state index contributed by atoms with van der Waals surface area (Å²) in [5.74, 6) is 0. The minimum atomic E-state index is 0.387. The maximum Gasteiger partial charge on any atom is 0.152 e. The van der Waals surface area contributed by atoms with E-state index in [-0.39, 0.29) is 0 Å². The first-order chi connectivity index (χ1) is 9.83. The molecule has 3 heterocycles. The number of pyridine rings is 2. The van der Waals surface area contributed by atoms with Gasteiger partial charge in [0.25, 0.3) is 0 Å². The second-order valence-electron chi connectivity index (χ2n) is 4.33. The first-order valence-corrected chi connectivity index (χ1v) is 6.06. The van der Waals surface area contributed by atoms with Crippen LogP contribution in [0.25, 0.3) is 11.0 Å². The summed E-state index contributed by atoms with van der Waals surface area (Å²) in [6, 6.07) is 9.36. The molecular weight excluding hydrogens is 252 g/mol. The lowest BCUT2D eigenvalue weighted by Gasteiger charge is -2.05. The molecule has 3 aromatic heterocycles. The van der Waals surface area contributed by atoms with Crippen LogP contribution in [0.4, 0.5) is 0 Å². The molecule has 5 nitrogen and oxygen atoms in total. The highest BCUT2D eigenvalue weighted by Crippen LogP contribution is 2.19. The number of aromatic nitrogens is 3. The standard InChI is InChI=1S/C15H10N4O/c16-7-14-11(3-1-5-17-14)8-19-9-12(10-20)13-4-2-6-18-15(13)19/h1-6,9-10H,8H2. The predicted octanol–water partition coefficient (Wildman–Crippen LogP) is 2.16. The van der Waals surface area contributed by atoms with Gasteiger partial charge in [0.15, 0.2) is 6.29 Å². The summed E-state index contributed by atoms with van der Waals surface area (Å²) in [6.45, 7) is 0.456. The van der Waals surface area contributed by atoms with E-state index in [0.717, 1.165) is 22.9 Å². The fraction of sp³-hybridized carbons (Fsp3) is 0.0667. The van der Waals surface area contributed by atoms with Crippen LogP contribution in [0.15, 0.2) is 42.9 Å². The van der Waals surface area contributed by atoms with Crippen LogP contribution in [0.1, 0.15) is 21.6 Å². The maximum atomic E-state index is 11.1. The van der Waals surface area contributed by atoms with Crippen molar-refractivity contribution in [2.24, 2.45) is 0 Å². The number of nitriles is 1. The Balaban J connectivity index is 2.12. The molecule has 0 spiro atoms. The molecule has 0 aliphatic heterocycles. The number of rotatable bonds is 3. The van der Waals surface area contributed by atoms with E-state index in [2.05, 4.69) is 16.0 Å². The predicted molar refractivity (Wildman–Crippen MR) is 73.2 cm³/mol. The molecular formula is C15H10N4O. The van der Waals surface area contributed by atoms with Gasteiger partial charge in [-0.1, -0.05) is 6.07 Å². The number of hydrogen-bond acceptors (Lipinski definition) is 4. The third kappa shape index (κ3) is 1.93. The van der Waals surface area contributed by atoms with Gasteiger partial charge >= 0.3 is 0 Å². The third-order valence-electron chi connectivity index (χ3n) is 3.13.